The minimum atomic E-state index is -2.96. The first-order valence-electron chi connectivity index (χ1n) is 6.42. The van der Waals surface area contributed by atoms with Gasteiger partial charge in [0.1, 0.15) is 9.84 Å². The van der Waals surface area contributed by atoms with Gasteiger partial charge in [0.2, 0.25) is 0 Å². The van der Waals surface area contributed by atoms with E-state index in [1.807, 2.05) is 6.92 Å². The summed E-state index contributed by atoms with van der Waals surface area (Å²) in [7, 11) is -0.00460. The minimum Gasteiger partial charge on any atom is -0.469 e. The Balaban J connectivity index is 4.19. The van der Waals surface area contributed by atoms with Crippen molar-refractivity contribution in [3.8, 4) is 0 Å². The number of methoxy groups -OCH3 is 1. The Morgan fingerprint density at radius 1 is 1.35 bits per heavy atom. The van der Waals surface area contributed by atoms with Gasteiger partial charge in [-0.3, -0.25) is 9.79 Å². The van der Waals surface area contributed by atoms with Crippen molar-refractivity contribution >= 4 is 21.8 Å². The van der Waals surface area contributed by atoms with Crippen LogP contribution < -0.4 is 10.6 Å². The van der Waals surface area contributed by atoms with Crippen molar-refractivity contribution in [1.29, 1.82) is 0 Å². The standard InChI is InChI=1S/C12H25N3O4S/c1-9(11(16)19-4)8-14-12(13-3)15-10(2)6-7-20(5,17)18/h9-10H,6-8H2,1-5H3,(H2,13,14,15). The number of nitrogens with zero attached hydrogens (tertiary/aromatic N) is 1. The van der Waals surface area contributed by atoms with E-state index in [1.165, 1.54) is 13.4 Å². The Morgan fingerprint density at radius 2 is 1.95 bits per heavy atom. The molecule has 0 heterocycles. The summed E-state index contributed by atoms with van der Waals surface area (Å²) in [4.78, 5) is 15.3. The lowest BCUT2D eigenvalue weighted by molar-refractivity contribution is -0.144. The first-order valence-corrected chi connectivity index (χ1v) is 8.48. The highest BCUT2D eigenvalue weighted by atomic mass is 32.2. The van der Waals surface area contributed by atoms with Gasteiger partial charge in [0.05, 0.1) is 18.8 Å². The molecule has 0 saturated carbocycles. The molecule has 0 fully saturated rings. The Morgan fingerprint density at radius 3 is 2.40 bits per heavy atom. The summed E-state index contributed by atoms with van der Waals surface area (Å²) in [5, 5.41) is 6.07. The lowest BCUT2D eigenvalue weighted by atomic mass is 10.2. The van der Waals surface area contributed by atoms with Gasteiger partial charge in [-0.05, 0) is 13.3 Å². The third kappa shape index (κ3) is 8.73. The number of hydrogen-bond donors (Lipinski definition) is 2. The third-order valence-corrected chi connectivity index (χ3v) is 3.68. The van der Waals surface area contributed by atoms with Crippen molar-refractivity contribution in [2.24, 2.45) is 10.9 Å². The van der Waals surface area contributed by atoms with E-state index in [0.29, 0.717) is 18.9 Å². The summed E-state index contributed by atoms with van der Waals surface area (Å²) in [5.74, 6) is 0.0706. The zero-order valence-corrected chi connectivity index (χ0v) is 13.6. The van der Waals surface area contributed by atoms with Gasteiger partial charge < -0.3 is 15.4 Å². The Hall–Kier alpha value is -1.31. The zero-order chi connectivity index (χ0) is 15.8. The van der Waals surface area contributed by atoms with Gasteiger partial charge in [0.25, 0.3) is 0 Å². The van der Waals surface area contributed by atoms with Gasteiger partial charge in [-0.25, -0.2) is 8.42 Å². The van der Waals surface area contributed by atoms with E-state index >= 15 is 0 Å². The molecule has 0 aromatic heterocycles. The van der Waals surface area contributed by atoms with E-state index in [9.17, 15) is 13.2 Å². The molecule has 20 heavy (non-hydrogen) atoms. The number of ether oxygens (including phenoxy) is 1. The van der Waals surface area contributed by atoms with Crippen molar-refractivity contribution in [1.82, 2.24) is 10.6 Å². The number of hydrogen-bond acceptors (Lipinski definition) is 5. The van der Waals surface area contributed by atoms with Crippen molar-refractivity contribution in [2.75, 3.05) is 32.7 Å². The van der Waals surface area contributed by atoms with Crippen LogP contribution in [0, 0.1) is 5.92 Å². The number of nitrogens with one attached hydrogen (secondary N) is 2. The molecule has 2 atom stereocenters. The zero-order valence-electron chi connectivity index (χ0n) is 12.8. The summed E-state index contributed by atoms with van der Waals surface area (Å²) < 4.78 is 26.8. The molecule has 0 amide bonds. The quantitative estimate of drug-likeness (QED) is 0.383. The minimum absolute atomic E-state index is 0.0376. The predicted octanol–water partition coefficient (Wildman–Crippen LogP) is -0.216. The maximum atomic E-state index is 11.3. The summed E-state index contributed by atoms with van der Waals surface area (Å²) in [6.45, 7) is 4.02. The number of guanidine groups is 1. The lowest BCUT2D eigenvalue weighted by Crippen LogP contribution is -2.44. The lowest BCUT2D eigenvalue weighted by Gasteiger charge is -2.19. The van der Waals surface area contributed by atoms with E-state index in [2.05, 4.69) is 20.4 Å². The maximum Gasteiger partial charge on any atom is 0.310 e. The largest absolute Gasteiger partial charge is 0.469 e. The fourth-order valence-electron chi connectivity index (χ4n) is 1.43. The Labute approximate surface area is 121 Å². The molecular formula is C12H25N3O4S. The first-order chi connectivity index (χ1) is 9.19. The average molecular weight is 307 g/mol. The molecule has 0 spiro atoms. The van der Waals surface area contributed by atoms with Gasteiger partial charge in [-0.2, -0.15) is 0 Å². The number of carbonyl (C=O) groups excluding carboxylic acids is 1. The highest BCUT2D eigenvalue weighted by molar-refractivity contribution is 7.90. The smallest absolute Gasteiger partial charge is 0.310 e. The first kappa shape index (κ1) is 18.7. The Kier molecular flexibility index (Phi) is 8.21. The fourth-order valence-corrected chi connectivity index (χ4v) is 2.21. The monoisotopic (exact) mass is 307 g/mol. The van der Waals surface area contributed by atoms with E-state index in [1.54, 1.807) is 14.0 Å². The van der Waals surface area contributed by atoms with Crippen molar-refractivity contribution in [3.05, 3.63) is 0 Å². The molecule has 0 aliphatic rings. The topological polar surface area (TPSA) is 96.9 Å². The molecule has 7 nitrogen and oxygen atoms in total. The van der Waals surface area contributed by atoms with Crippen LogP contribution >= 0.6 is 0 Å². The normalized spacial score (nSPS) is 15.3. The highest BCUT2D eigenvalue weighted by Gasteiger charge is 2.14. The van der Waals surface area contributed by atoms with Crippen LogP contribution in [0.3, 0.4) is 0 Å². The molecule has 2 N–H and O–H groups in total. The molecule has 118 valence electrons. The van der Waals surface area contributed by atoms with Gasteiger partial charge >= 0.3 is 5.97 Å². The fraction of sp³-hybridized carbons (Fsp3) is 0.833. The van der Waals surface area contributed by atoms with Crippen LogP contribution in [-0.2, 0) is 19.4 Å². The molecule has 0 bridgehead atoms. The molecular weight excluding hydrogens is 282 g/mol. The molecule has 0 saturated heterocycles. The van der Waals surface area contributed by atoms with E-state index in [0.717, 1.165) is 0 Å². The molecule has 0 aliphatic heterocycles. The molecule has 0 rings (SSSR count). The van der Waals surface area contributed by atoms with Crippen LogP contribution in [0.1, 0.15) is 20.3 Å². The molecule has 0 aliphatic carbocycles. The van der Waals surface area contributed by atoms with Crippen LogP contribution in [0.15, 0.2) is 4.99 Å². The second-order valence-corrected chi connectivity index (χ2v) is 7.10. The average Bonchev–Trinajstić information content (AvgIpc) is 2.38. The maximum absolute atomic E-state index is 11.3. The van der Waals surface area contributed by atoms with E-state index in [4.69, 9.17) is 0 Å². The van der Waals surface area contributed by atoms with Crippen LogP contribution in [0.2, 0.25) is 0 Å². The van der Waals surface area contributed by atoms with Crippen molar-refractivity contribution < 1.29 is 17.9 Å². The molecule has 0 aromatic rings. The molecule has 0 aromatic carbocycles. The van der Waals surface area contributed by atoms with Crippen molar-refractivity contribution in [2.45, 2.75) is 26.3 Å². The predicted molar refractivity (Wildman–Crippen MR) is 79.5 cm³/mol. The number of carbonyl (C=O) groups is 1. The highest BCUT2D eigenvalue weighted by Crippen LogP contribution is 1.97. The van der Waals surface area contributed by atoms with Gasteiger partial charge in [0.15, 0.2) is 5.96 Å². The summed E-state index contributed by atoms with van der Waals surface area (Å²) in [6.07, 6.45) is 1.71. The summed E-state index contributed by atoms with van der Waals surface area (Å²) in [6, 6.07) is -0.0376. The van der Waals surface area contributed by atoms with E-state index < -0.39 is 9.84 Å². The van der Waals surface area contributed by atoms with Gasteiger partial charge in [0, 0.05) is 25.9 Å². The summed E-state index contributed by atoms with van der Waals surface area (Å²) >= 11 is 0. The van der Waals surface area contributed by atoms with E-state index in [-0.39, 0.29) is 23.7 Å². The molecule has 2 unspecified atom stereocenters. The van der Waals surface area contributed by atoms with Crippen LogP contribution in [-0.4, -0.2) is 59.1 Å². The van der Waals surface area contributed by atoms with Crippen molar-refractivity contribution in [3.63, 3.8) is 0 Å². The second kappa shape index (κ2) is 8.78. The van der Waals surface area contributed by atoms with Crippen LogP contribution in [0.4, 0.5) is 0 Å². The second-order valence-electron chi connectivity index (χ2n) is 4.84. The number of esters is 1. The summed E-state index contributed by atoms with van der Waals surface area (Å²) in [5.41, 5.74) is 0. The van der Waals surface area contributed by atoms with Gasteiger partial charge in [-0.1, -0.05) is 6.92 Å². The number of aliphatic imine (C=N–C) groups is 1. The SMILES string of the molecule is CN=C(NCC(C)C(=O)OC)NC(C)CCS(C)(=O)=O. The number of rotatable bonds is 7. The third-order valence-electron chi connectivity index (χ3n) is 2.71. The number of sulfone groups is 1. The van der Waals surface area contributed by atoms with Crippen LogP contribution in [0.5, 0.6) is 0 Å². The Bertz CT molecular complexity index is 434. The van der Waals surface area contributed by atoms with Gasteiger partial charge in [-0.15, -0.1) is 0 Å². The molecule has 8 heteroatoms. The van der Waals surface area contributed by atoms with Crippen LogP contribution in [0.25, 0.3) is 0 Å². The molecule has 0 radical (unpaired) electrons.